The molecular weight excluding hydrogens is 272 g/mol. The van der Waals surface area contributed by atoms with Crippen LogP contribution < -0.4 is 0 Å². The molecule has 1 aliphatic heterocycles. The summed E-state index contributed by atoms with van der Waals surface area (Å²) in [5.41, 5.74) is 0.841. The van der Waals surface area contributed by atoms with Crippen molar-refractivity contribution in [1.82, 2.24) is 9.78 Å². The van der Waals surface area contributed by atoms with Crippen LogP contribution in [-0.4, -0.2) is 27.6 Å². The van der Waals surface area contributed by atoms with Gasteiger partial charge in [-0.3, -0.25) is 4.68 Å². The highest BCUT2D eigenvalue weighted by atomic mass is 79.9. The molecule has 2 rings (SSSR count). The average molecular weight is 289 g/mol. The molecule has 2 unspecified atom stereocenters. The molecule has 0 aromatic carbocycles. The summed E-state index contributed by atoms with van der Waals surface area (Å²) in [7, 11) is 0. The van der Waals surface area contributed by atoms with E-state index in [0.29, 0.717) is 0 Å². The number of ether oxygens (including phenoxy) is 1. The molecule has 0 bridgehead atoms. The third-order valence-corrected chi connectivity index (χ3v) is 3.48. The van der Waals surface area contributed by atoms with Gasteiger partial charge in [0.25, 0.3) is 0 Å². The summed E-state index contributed by atoms with van der Waals surface area (Å²) >= 11 is 3.44. The van der Waals surface area contributed by atoms with Crippen molar-refractivity contribution in [3.05, 3.63) is 16.4 Å². The Morgan fingerprint density at radius 1 is 1.75 bits per heavy atom. The summed E-state index contributed by atoms with van der Waals surface area (Å²) in [6.07, 6.45) is 4.03. The minimum Gasteiger partial charge on any atom is -0.384 e. The Balaban J connectivity index is 2.19. The van der Waals surface area contributed by atoms with Gasteiger partial charge >= 0.3 is 0 Å². The maximum atomic E-state index is 10.3. The highest BCUT2D eigenvalue weighted by Gasteiger charge is 2.29. The highest BCUT2D eigenvalue weighted by Crippen LogP contribution is 2.31. The van der Waals surface area contributed by atoms with Crippen LogP contribution in [0.15, 0.2) is 10.7 Å². The largest absolute Gasteiger partial charge is 0.384 e. The molecule has 0 aliphatic carbocycles. The van der Waals surface area contributed by atoms with Crippen molar-refractivity contribution in [2.45, 2.75) is 44.9 Å². The van der Waals surface area contributed by atoms with Gasteiger partial charge in [0.2, 0.25) is 0 Å². The van der Waals surface area contributed by atoms with E-state index in [-0.39, 0.29) is 6.10 Å². The maximum Gasteiger partial charge on any atom is 0.123 e. The van der Waals surface area contributed by atoms with Crippen LogP contribution in [0.1, 0.15) is 38.0 Å². The second-order valence-electron chi connectivity index (χ2n) is 4.10. The van der Waals surface area contributed by atoms with Gasteiger partial charge < -0.3 is 9.84 Å². The Hall–Kier alpha value is -0.390. The van der Waals surface area contributed by atoms with Crippen LogP contribution in [0.25, 0.3) is 0 Å². The second-order valence-corrected chi connectivity index (χ2v) is 4.95. The van der Waals surface area contributed by atoms with Crippen LogP contribution in [0.3, 0.4) is 0 Å². The zero-order valence-electron chi connectivity index (χ0n) is 9.40. The van der Waals surface area contributed by atoms with Crippen molar-refractivity contribution in [2.75, 3.05) is 6.61 Å². The summed E-state index contributed by atoms with van der Waals surface area (Å²) in [4.78, 5) is 0. The lowest BCUT2D eigenvalue weighted by Crippen LogP contribution is -2.21. The van der Waals surface area contributed by atoms with Gasteiger partial charge in [0, 0.05) is 13.2 Å². The van der Waals surface area contributed by atoms with Crippen LogP contribution in [0.2, 0.25) is 0 Å². The topological polar surface area (TPSA) is 47.3 Å². The first-order chi connectivity index (χ1) is 7.74. The van der Waals surface area contributed by atoms with E-state index in [9.17, 15) is 5.11 Å². The molecule has 0 radical (unpaired) electrons. The lowest BCUT2D eigenvalue weighted by atomic mass is 10.1. The zero-order chi connectivity index (χ0) is 11.5. The first-order valence-electron chi connectivity index (χ1n) is 5.75. The van der Waals surface area contributed by atoms with Crippen LogP contribution in [0.4, 0.5) is 0 Å². The number of aliphatic hydroxyl groups excluding tert-OH is 1. The predicted molar refractivity (Wildman–Crippen MR) is 64.2 cm³/mol. The van der Waals surface area contributed by atoms with Crippen molar-refractivity contribution >= 4 is 15.9 Å². The average Bonchev–Trinajstić information content (AvgIpc) is 2.88. The lowest BCUT2D eigenvalue weighted by molar-refractivity contribution is -0.00736. The summed E-state index contributed by atoms with van der Waals surface area (Å²) in [6, 6.07) is 0. The Morgan fingerprint density at radius 2 is 2.56 bits per heavy atom. The molecule has 1 saturated heterocycles. The van der Waals surface area contributed by atoms with Gasteiger partial charge in [-0.05, 0) is 35.2 Å². The summed E-state index contributed by atoms with van der Waals surface area (Å²) in [5, 5.41) is 14.5. The monoisotopic (exact) mass is 288 g/mol. The van der Waals surface area contributed by atoms with Crippen molar-refractivity contribution in [3.8, 4) is 0 Å². The van der Waals surface area contributed by atoms with Crippen molar-refractivity contribution < 1.29 is 9.84 Å². The number of rotatable bonds is 4. The van der Waals surface area contributed by atoms with E-state index >= 15 is 0 Å². The quantitative estimate of drug-likeness (QED) is 0.925. The Labute approximate surface area is 104 Å². The molecule has 2 atom stereocenters. The fraction of sp³-hybridized carbons (Fsp3) is 0.727. The standard InChI is InChI=1S/C11H17BrN2O2/c1-2-5-14-10(8(12)7-13-14)11(15)9-4-3-6-16-9/h7,9,11,15H,2-6H2,1H3. The molecule has 1 fully saturated rings. The van der Waals surface area contributed by atoms with Crippen molar-refractivity contribution in [3.63, 3.8) is 0 Å². The van der Waals surface area contributed by atoms with E-state index in [1.165, 1.54) is 0 Å². The summed E-state index contributed by atoms with van der Waals surface area (Å²) < 4.78 is 8.24. The summed E-state index contributed by atoms with van der Waals surface area (Å²) in [6.45, 7) is 3.67. The molecule has 0 saturated carbocycles. The molecule has 1 aromatic heterocycles. The molecule has 16 heavy (non-hydrogen) atoms. The molecule has 1 N–H and O–H groups in total. The van der Waals surface area contributed by atoms with E-state index in [4.69, 9.17) is 4.74 Å². The SMILES string of the molecule is CCCn1ncc(Br)c1C(O)C1CCCO1. The normalized spacial score (nSPS) is 22.6. The number of aliphatic hydroxyl groups is 1. The summed E-state index contributed by atoms with van der Waals surface area (Å²) in [5.74, 6) is 0. The van der Waals surface area contributed by atoms with Crippen molar-refractivity contribution in [1.29, 1.82) is 0 Å². The zero-order valence-corrected chi connectivity index (χ0v) is 11.0. The maximum absolute atomic E-state index is 10.3. The van der Waals surface area contributed by atoms with Gasteiger partial charge in [0.05, 0.1) is 22.5 Å². The molecule has 2 heterocycles. The number of nitrogens with zero attached hydrogens (tertiary/aromatic N) is 2. The van der Waals surface area contributed by atoms with Crippen LogP contribution in [0, 0.1) is 0 Å². The number of hydrogen-bond donors (Lipinski definition) is 1. The number of halogens is 1. The van der Waals surface area contributed by atoms with E-state index in [1.807, 2.05) is 4.68 Å². The minimum absolute atomic E-state index is 0.0800. The van der Waals surface area contributed by atoms with E-state index in [1.54, 1.807) is 6.20 Å². The van der Waals surface area contributed by atoms with Crippen molar-refractivity contribution in [2.24, 2.45) is 0 Å². The first-order valence-corrected chi connectivity index (χ1v) is 6.54. The van der Waals surface area contributed by atoms with E-state index < -0.39 is 6.10 Å². The van der Waals surface area contributed by atoms with Crippen LogP contribution in [-0.2, 0) is 11.3 Å². The lowest BCUT2D eigenvalue weighted by Gasteiger charge is -2.19. The van der Waals surface area contributed by atoms with Gasteiger partial charge in [-0.25, -0.2) is 0 Å². The molecule has 1 aromatic rings. The van der Waals surface area contributed by atoms with Crippen LogP contribution >= 0.6 is 15.9 Å². The molecule has 5 heteroatoms. The number of hydrogen-bond acceptors (Lipinski definition) is 3. The Bertz CT molecular complexity index is 348. The third kappa shape index (κ3) is 2.31. The fourth-order valence-electron chi connectivity index (χ4n) is 2.08. The Kier molecular flexibility index (Phi) is 4.00. The third-order valence-electron chi connectivity index (χ3n) is 2.87. The van der Waals surface area contributed by atoms with Gasteiger partial charge in [0.1, 0.15) is 6.10 Å². The second kappa shape index (κ2) is 5.29. The van der Waals surface area contributed by atoms with E-state index in [2.05, 4.69) is 28.0 Å². The predicted octanol–water partition coefficient (Wildman–Crippen LogP) is 2.27. The molecule has 0 amide bonds. The van der Waals surface area contributed by atoms with Crippen LogP contribution in [0.5, 0.6) is 0 Å². The van der Waals surface area contributed by atoms with Gasteiger partial charge in [-0.1, -0.05) is 6.92 Å². The molecule has 4 nitrogen and oxygen atoms in total. The molecular formula is C11H17BrN2O2. The van der Waals surface area contributed by atoms with Gasteiger partial charge in [-0.2, -0.15) is 5.10 Å². The van der Waals surface area contributed by atoms with Gasteiger partial charge in [0.15, 0.2) is 0 Å². The molecule has 1 aliphatic rings. The number of aromatic nitrogens is 2. The van der Waals surface area contributed by atoms with Gasteiger partial charge in [-0.15, -0.1) is 0 Å². The van der Waals surface area contributed by atoms with E-state index in [0.717, 1.165) is 42.6 Å². The fourth-order valence-corrected chi connectivity index (χ4v) is 2.61. The Morgan fingerprint density at radius 3 is 3.19 bits per heavy atom. The number of aryl methyl sites for hydroxylation is 1. The molecule has 90 valence electrons. The first kappa shape index (κ1) is 12.1. The smallest absolute Gasteiger partial charge is 0.123 e. The minimum atomic E-state index is -0.578. The highest BCUT2D eigenvalue weighted by molar-refractivity contribution is 9.10. The molecule has 0 spiro atoms.